The lowest BCUT2D eigenvalue weighted by Gasteiger charge is -2.36. The van der Waals surface area contributed by atoms with Gasteiger partial charge in [-0.3, -0.25) is 9.59 Å². The molecule has 2 fully saturated rings. The summed E-state index contributed by atoms with van der Waals surface area (Å²) in [5.74, 6) is -0.133. The SMILES string of the molecule is Cc1ccc(N2CCN(C(=O)c3ccccc3N3CCOCC3)CC2=O)cc1. The Bertz CT molecular complexity index is 860. The van der Waals surface area contributed by atoms with E-state index in [4.69, 9.17) is 4.74 Å². The molecular weight excluding hydrogens is 354 g/mol. The molecule has 2 amide bonds. The molecule has 0 aliphatic carbocycles. The topological polar surface area (TPSA) is 53.1 Å². The van der Waals surface area contributed by atoms with Gasteiger partial charge in [0.2, 0.25) is 5.91 Å². The van der Waals surface area contributed by atoms with Crippen molar-refractivity contribution in [2.75, 3.05) is 55.7 Å². The Morgan fingerprint density at radius 1 is 0.929 bits per heavy atom. The number of hydrogen-bond donors (Lipinski definition) is 0. The molecule has 2 aliphatic rings. The number of anilines is 2. The van der Waals surface area contributed by atoms with Crippen LogP contribution >= 0.6 is 0 Å². The summed E-state index contributed by atoms with van der Waals surface area (Å²) >= 11 is 0. The maximum atomic E-state index is 13.2. The summed E-state index contributed by atoms with van der Waals surface area (Å²) < 4.78 is 5.43. The van der Waals surface area contributed by atoms with E-state index in [9.17, 15) is 9.59 Å². The highest BCUT2D eigenvalue weighted by Gasteiger charge is 2.30. The average molecular weight is 379 g/mol. The fourth-order valence-corrected chi connectivity index (χ4v) is 3.75. The number of hydrogen-bond acceptors (Lipinski definition) is 4. The molecule has 0 saturated carbocycles. The zero-order chi connectivity index (χ0) is 19.5. The van der Waals surface area contributed by atoms with Crippen molar-refractivity contribution in [3.05, 3.63) is 59.7 Å². The fraction of sp³-hybridized carbons (Fsp3) is 0.364. The summed E-state index contributed by atoms with van der Waals surface area (Å²) in [5.41, 5.74) is 3.62. The summed E-state index contributed by atoms with van der Waals surface area (Å²) in [6.45, 7) is 6.02. The van der Waals surface area contributed by atoms with E-state index in [1.807, 2.05) is 55.5 Å². The van der Waals surface area contributed by atoms with Crippen LogP contribution in [0, 0.1) is 6.92 Å². The summed E-state index contributed by atoms with van der Waals surface area (Å²) in [6, 6.07) is 15.6. The van der Waals surface area contributed by atoms with E-state index in [2.05, 4.69) is 4.90 Å². The molecule has 0 spiro atoms. The minimum absolute atomic E-state index is 0.0488. The maximum Gasteiger partial charge on any atom is 0.256 e. The predicted molar refractivity (Wildman–Crippen MR) is 109 cm³/mol. The van der Waals surface area contributed by atoms with Crippen LogP contribution in [0.25, 0.3) is 0 Å². The zero-order valence-electron chi connectivity index (χ0n) is 16.1. The van der Waals surface area contributed by atoms with Crippen LogP contribution in [-0.2, 0) is 9.53 Å². The van der Waals surface area contributed by atoms with Gasteiger partial charge in [-0.15, -0.1) is 0 Å². The van der Waals surface area contributed by atoms with Crippen molar-refractivity contribution in [2.45, 2.75) is 6.92 Å². The number of piperazine rings is 1. The van der Waals surface area contributed by atoms with Gasteiger partial charge >= 0.3 is 0 Å². The number of amides is 2. The highest BCUT2D eigenvalue weighted by molar-refractivity contribution is 6.04. The zero-order valence-corrected chi connectivity index (χ0v) is 16.1. The third kappa shape index (κ3) is 3.73. The molecular formula is C22H25N3O3. The first-order valence-corrected chi connectivity index (χ1v) is 9.71. The first-order chi connectivity index (χ1) is 13.6. The van der Waals surface area contributed by atoms with Crippen molar-refractivity contribution in [3.8, 4) is 0 Å². The van der Waals surface area contributed by atoms with Crippen molar-refractivity contribution < 1.29 is 14.3 Å². The van der Waals surface area contributed by atoms with Gasteiger partial charge in [-0.25, -0.2) is 0 Å². The smallest absolute Gasteiger partial charge is 0.256 e. The Balaban J connectivity index is 1.49. The number of aryl methyl sites for hydroxylation is 1. The Morgan fingerprint density at radius 3 is 2.36 bits per heavy atom. The highest BCUT2D eigenvalue weighted by atomic mass is 16.5. The fourth-order valence-electron chi connectivity index (χ4n) is 3.75. The van der Waals surface area contributed by atoms with Gasteiger partial charge in [0.15, 0.2) is 0 Å². The third-order valence-electron chi connectivity index (χ3n) is 5.34. The lowest BCUT2D eigenvalue weighted by atomic mass is 10.1. The Kier molecular flexibility index (Phi) is 5.30. The van der Waals surface area contributed by atoms with Crippen LogP contribution in [0.1, 0.15) is 15.9 Å². The van der Waals surface area contributed by atoms with E-state index >= 15 is 0 Å². The maximum absolute atomic E-state index is 13.2. The number of nitrogens with zero attached hydrogens (tertiary/aromatic N) is 3. The van der Waals surface area contributed by atoms with Crippen LogP contribution in [0.5, 0.6) is 0 Å². The number of carbonyl (C=O) groups excluding carboxylic acids is 2. The van der Waals surface area contributed by atoms with Crippen molar-refractivity contribution >= 4 is 23.2 Å². The van der Waals surface area contributed by atoms with Gasteiger partial charge in [-0.05, 0) is 31.2 Å². The first-order valence-electron chi connectivity index (χ1n) is 9.71. The van der Waals surface area contributed by atoms with Gasteiger partial charge in [-0.2, -0.15) is 0 Å². The van der Waals surface area contributed by atoms with Gasteiger partial charge in [0.25, 0.3) is 5.91 Å². The molecule has 2 heterocycles. The van der Waals surface area contributed by atoms with Gasteiger partial charge < -0.3 is 19.4 Å². The molecule has 0 atom stereocenters. The summed E-state index contributed by atoms with van der Waals surface area (Å²) in [4.78, 5) is 31.5. The van der Waals surface area contributed by atoms with E-state index in [1.165, 1.54) is 0 Å². The molecule has 2 aliphatic heterocycles. The monoisotopic (exact) mass is 379 g/mol. The van der Waals surface area contributed by atoms with Crippen molar-refractivity contribution in [3.63, 3.8) is 0 Å². The minimum Gasteiger partial charge on any atom is -0.378 e. The van der Waals surface area contributed by atoms with Gasteiger partial charge in [-0.1, -0.05) is 29.8 Å². The van der Waals surface area contributed by atoms with Gasteiger partial charge in [0.1, 0.15) is 6.54 Å². The van der Waals surface area contributed by atoms with Crippen molar-refractivity contribution in [1.82, 2.24) is 4.90 Å². The number of benzene rings is 2. The highest BCUT2D eigenvalue weighted by Crippen LogP contribution is 2.25. The van der Waals surface area contributed by atoms with E-state index in [1.54, 1.807) is 9.80 Å². The van der Waals surface area contributed by atoms with Crippen LogP contribution < -0.4 is 9.80 Å². The van der Waals surface area contributed by atoms with E-state index in [0.717, 1.165) is 30.0 Å². The van der Waals surface area contributed by atoms with Gasteiger partial charge in [0, 0.05) is 37.6 Å². The van der Waals surface area contributed by atoms with Crippen LogP contribution in [0.2, 0.25) is 0 Å². The van der Waals surface area contributed by atoms with Crippen LogP contribution in [0.4, 0.5) is 11.4 Å². The first kappa shape index (κ1) is 18.5. The number of ether oxygens (including phenoxy) is 1. The van der Waals surface area contributed by atoms with Crippen LogP contribution in [0.3, 0.4) is 0 Å². The van der Waals surface area contributed by atoms with E-state index in [0.29, 0.717) is 31.9 Å². The standard InChI is InChI=1S/C22H25N3O3/c1-17-6-8-18(9-7-17)25-11-10-24(16-21(25)26)22(27)19-4-2-3-5-20(19)23-12-14-28-15-13-23/h2-9H,10-16H2,1H3. The molecule has 6 nitrogen and oxygen atoms in total. The number of para-hydroxylation sites is 1. The lowest BCUT2D eigenvalue weighted by Crippen LogP contribution is -2.52. The molecule has 4 rings (SSSR count). The van der Waals surface area contributed by atoms with E-state index in [-0.39, 0.29) is 18.4 Å². The van der Waals surface area contributed by atoms with Crippen molar-refractivity contribution in [1.29, 1.82) is 0 Å². The number of morpholine rings is 1. The lowest BCUT2D eigenvalue weighted by molar-refractivity contribution is -0.120. The largest absolute Gasteiger partial charge is 0.378 e. The molecule has 2 aromatic carbocycles. The second kappa shape index (κ2) is 8.02. The van der Waals surface area contributed by atoms with Gasteiger partial charge in [0.05, 0.1) is 18.8 Å². The van der Waals surface area contributed by atoms with Crippen molar-refractivity contribution in [2.24, 2.45) is 0 Å². The average Bonchev–Trinajstić information content (AvgIpc) is 2.74. The predicted octanol–water partition coefficient (Wildman–Crippen LogP) is 2.32. The molecule has 0 bridgehead atoms. The number of rotatable bonds is 3. The molecule has 0 aromatic heterocycles. The molecule has 0 N–H and O–H groups in total. The normalized spacial score (nSPS) is 17.8. The Morgan fingerprint density at radius 2 is 1.64 bits per heavy atom. The summed E-state index contributed by atoms with van der Waals surface area (Å²) in [6.07, 6.45) is 0. The molecule has 0 radical (unpaired) electrons. The minimum atomic E-state index is -0.0843. The Hall–Kier alpha value is -2.86. The third-order valence-corrected chi connectivity index (χ3v) is 5.34. The Labute approximate surface area is 165 Å². The van der Waals surface area contributed by atoms with Crippen LogP contribution in [0.15, 0.2) is 48.5 Å². The molecule has 2 aromatic rings. The quantitative estimate of drug-likeness (QED) is 0.821. The molecule has 0 unspecified atom stereocenters. The molecule has 2 saturated heterocycles. The second-order valence-corrected chi connectivity index (χ2v) is 7.22. The number of carbonyl (C=O) groups is 2. The van der Waals surface area contributed by atoms with E-state index < -0.39 is 0 Å². The summed E-state index contributed by atoms with van der Waals surface area (Å²) in [5, 5.41) is 0. The molecule has 6 heteroatoms. The summed E-state index contributed by atoms with van der Waals surface area (Å²) in [7, 11) is 0. The molecule has 28 heavy (non-hydrogen) atoms. The molecule has 146 valence electrons. The van der Waals surface area contributed by atoms with Crippen LogP contribution in [-0.4, -0.2) is 62.7 Å². The second-order valence-electron chi connectivity index (χ2n) is 7.22.